The molecule has 6 aromatic rings. The van der Waals surface area contributed by atoms with Gasteiger partial charge < -0.3 is 40.8 Å². The van der Waals surface area contributed by atoms with Crippen LogP contribution >= 0.6 is 0 Å². The predicted molar refractivity (Wildman–Crippen MR) is 347 cm³/mol. The topological polar surface area (TPSA) is 193 Å². The fourth-order valence-electron chi connectivity index (χ4n) is 11.5. The van der Waals surface area contributed by atoms with Crippen molar-refractivity contribution in [2.24, 2.45) is 11.5 Å². The number of nitrogens with zero attached hydrogens (tertiary/aromatic N) is 1. The van der Waals surface area contributed by atoms with Crippen molar-refractivity contribution in [3.63, 3.8) is 0 Å². The van der Waals surface area contributed by atoms with Crippen LogP contribution in [0.5, 0.6) is 23.0 Å². The molecule has 3 amide bonds. The Labute approximate surface area is 516 Å². The molecular weight excluding hydrogens is 1090 g/mol. The van der Waals surface area contributed by atoms with Gasteiger partial charge in [0.15, 0.2) is 0 Å². The molecule has 6 aromatic carbocycles. The summed E-state index contributed by atoms with van der Waals surface area (Å²) in [6.07, 6.45) is 5.84. The van der Waals surface area contributed by atoms with E-state index in [2.05, 4.69) is 137 Å². The van der Waals surface area contributed by atoms with Crippen LogP contribution in [0.1, 0.15) is 230 Å². The van der Waals surface area contributed by atoms with Gasteiger partial charge in [-0.05, 0) is 164 Å². The minimum absolute atomic E-state index is 0.0559. The van der Waals surface area contributed by atoms with E-state index < -0.39 is 11.9 Å². The van der Waals surface area contributed by atoms with E-state index in [1.165, 1.54) is 17.0 Å². The molecule has 1 aliphatic carbocycles. The zero-order valence-electron chi connectivity index (χ0n) is 53.8. The Hall–Kier alpha value is -7.48. The van der Waals surface area contributed by atoms with Crippen LogP contribution in [-0.2, 0) is 47.3 Å². The normalized spacial score (nSPS) is 13.6. The lowest BCUT2D eigenvalue weighted by Crippen LogP contribution is -2.31. The van der Waals surface area contributed by atoms with Crippen molar-refractivity contribution < 1.29 is 43.2 Å². The molecule has 87 heavy (non-hydrogen) atoms. The fraction of sp³-hybridized carbons (Fsp3) is 0.459. The number of carbonyl (C=O) groups is 4. The Kier molecular flexibility index (Phi) is 20.9. The summed E-state index contributed by atoms with van der Waals surface area (Å²) in [6, 6.07) is 31.7. The van der Waals surface area contributed by atoms with Gasteiger partial charge in [-0.15, -0.1) is 0 Å². The molecular formula is C74H94N4O9. The van der Waals surface area contributed by atoms with Crippen molar-refractivity contribution >= 4 is 23.7 Å². The Bertz CT molecular complexity index is 3320. The van der Waals surface area contributed by atoms with Gasteiger partial charge in [0, 0.05) is 38.8 Å². The van der Waals surface area contributed by atoms with Crippen molar-refractivity contribution in [2.75, 3.05) is 52.6 Å². The first kappa shape index (κ1) is 65.5. The molecule has 464 valence electrons. The highest BCUT2D eigenvalue weighted by atomic mass is 16.5. The van der Waals surface area contributed by atoms with Crippen molar-refractivity contribution in [2.45, 2.75) is 169 Å². The molecule has 0 unspecified atom stereocenters. The number of rotatable bonds is 22. The first-order valence-electron chi connectivity index (χ1n) is 31.3. The number of unbranched alkanes of at least 4 members (excludes halogenated alkanes) is 2. The summed E-state index contributed by atoms with van der Waals surface area (Å²) >= 11 is 0. The van der Waals surface area contributed by atoms with Crippen LogP contribution in [0.2, 0.25) is 0 Å². The van der Waals surface area contributed by atoms with Gasteiger partial charge in [0.25, 0.3) is 17.7 Å². The van der Waals surface area contributed by atoms with Gasteiger partial charge >= 0.3 is 5.97 Å². The highest BCUT2D eigenvalue weighted by Gasteiger charge is 2.35. The summed E-state index contributed by atoms with van der Waals surface area (Å²) < 4.78 is 28.7. The maximum absolute atomic E-state index is 13.6. The van der Waals surface area contributed by atoms with Gasteiger partial charge in [-0.25, -0.2) is 4.79 Å². The third-order valence-electron chi connectivity index (χ3n) is 16.6. The number of fused-ring (bicyclic) bond motifs is 9. The molecule has 6 N–H and O–H groups in total. The van der Waals surface area contributed by atoms with Crippen LogP contribution in [-0.4, -0.2) is 86.3 Å². The zero-order valence-corrected chi connectivity index (χ0v) is 53.8. The summed E-state index contributed by atoms with van der Waals surface area (Å²) in [7, 11) is 0. The van der Waals surface area contributed by atoms with E-state index in [0.717, 1.165) is 115 Å². The molecule has 13 heteroatoms. The Morgan fingerprint density at radius 2 is 0.747 bits per heavy atom. The molecule has 0 radical (unpaired) electrons. The van der Waals surface area contributed by atoms with Crippen LogP contribution in [0.3, 0.4) is 0 Å². The molecule has 0 saturated heterocycles. The summed E-state index contributed by atoms with van der Waals surface area (Å²) in [5, 5.41) is 12.8. The van der Waals surface area contributed by atoms with Crippen molar-refractivity contribution in [1.82, 2.24) is 10.2 Å². The number of nitrogens with two attached hydrogens (primary N) is 2. The summed E-state index contributed by atoms with van der Waals surface area (Å²) in [5.41, 5.74) is 24.6. The first-order chi connectivity index (χ1) is 41.2. The van der Waals surface area contributed by atoms with Crippen LogP contribution in [0, 0.1) is 0 Å². The van der Waals surface area contributed by atoms with Gasteiger partial charge in [0.1, 0.15) is 23.0 Å². The van der Waals surface area contributed by atoms with Gasteiger partial charge in [-0.3, -0.25) is 19.3 Å². The number of aromatic carboxylic acids is 1. The number of carboxylic acids is 1. The lowest BCUT2D eigenvalue weighted by atomic mass is 9.79. The number of ether oxygens (including phenoxy) is 4. The Morgan fingerprint density at radius 3 is 1.06 bits per heavy atom. The van der Waals surface area contributed by atoms with Crippen LogP contribution in [0.4, 0.5) is 0 Å². The molecule has 2 aliphatic rings. The van der Waals surface area contributed by atoms with Crippen molar-refractivity contribution in [3.05, 3.63) is 186 Å². The fourth-order valence-corrected chi connectivity index (χ4v) is 11.5. The highest BCUT2D eigenvalue weighted by Crippen LogP contribution is 2.45. The summed E-state index contributed by atoms with van der Waals surface area (Å²) in [6.45, 7) is 29.9. The first-order valence-corrected chi connectivity index (χ1v) is 31.3. The predicted octanol–water partition coefficient (Wildman–Crippen LogP) is 13.8. The molecule has 0 aromatic heterocycles. The number of hydrogen-bond donors (Lipinski definition) is 4. The van der Waals surface area contributed by atoms with Crippen molar-refractivity contribution in [1.29, 1.82) is 0 Å². The second-order valence-electron chi connectivity index (χ2n) is 27.7. The van der Waals surface area contributed by atoms with Crippen LogP contribution in [0.15, 0.2) is 97.1 Å². The van der Waals surface area contributed by atoms with E-state index in [1.807, 2.05) is 0 Å². The SMILES string of the molecule is CC(C)(C)c1cc2c(OCCCCN)c(c1)Cc1cc(C(C)(C)C)cc(c1OCCCN1C(=O)c3ccccc3C1=O)Cc1cc(C(C)(C)C)cc(c1OCCCCN)Cc1cc(C(C)(C)C)cc(c1OCCCNC(=O)c1ccccc1C(=O)O)C2. The zero-order chi connectivity index (χ0) is 63.0. The number of hydrogen-bond acceptors (Lipinski definition) is 10. The molecule has 0 saturated carbocycles. The van der Waals surface area contributed by atoms with Gasteiger partial charge in [-0.2, -0.15) is 0 Å². The van der Waals surface area contributed by atoms with Crippen LogP contribution in [0.25, 0.3) is 0 Å². The van der Waals surface area contributed by atoms with E-state index in [-0.39, 0.29) is 70.9 Å². The minimum Gasteiger partial charge on any atom is -0.493 e. The third-order valence-corrected chi connectivity index (χ3v) is 16.6. The van der Waals surface area contributed by atoms with Gasteiger partial charge in [-0.1, -0.05) is 156 Å². The lowest BCUT2D eigenvalue weighted by Gasteiger charge is -2.29. The number of carboxylic acid groups (broad SMARTS) is 1. The third kappa shape index (κ3) is 16.0. The molecule has 8 bridgehead atoms. The van der Waals surface area contributed by atoms with Crippen LogP contribution < -0.4 is 35.7 Å². The van der Waals surface area contributed by atoms with E-state index in [9.17, 15) is 24.3 Å². The number of amides is 3. The molecule has 1 aliphatic heterocycles. The van der Waals surface area contributed by atoms with Gasteiger partial charge in [0.05, 0.1) is 48.7 Å². The molecule has 13 nitrogen and oxygen atoms in total. The van der Waals surface area contributed by atoms with E-state index in [0.29, 0.717) is 76.0 Å². The number of imide groups is 1. The second kappa shape index (κ2) is 27.7. The lowest BCUT2D eigenvalue weighted by molar-refractivity contribution is 0.0643. The summed E-state index contributed by atoms with van der Waals surface area (Å²) in [4.78, 5) is 54.1. The highest BCUT2D eigenvalue weighted by molar-refractivity contribution is 6.21. The molecule has 0 spiro atoms. The quantitative estimate of drug-likeness (QED) is 0.0373. The maximum atomic E-state index is 13.6. The molecule has 0 fully saturated rings. The Morgan fingerprint density at radius 1 is 0.448 bits per heavy atom. The average molecular weight is 1180 g/mol. The monoisotopic (exact) mass is 1180 g/mol. The van der Waals surface area contributed by atoms with E-state index in [4.69, 9.17) is 30.4 Å². The Balaban J connectivity index is 1.35. The second-order valence-corrected chi connectivity index (χ2v) is 27.7. The van der Waals surface area contributed by atoms with E-state index in [1.54, 1.807) is 36.4 Å². The largest absolute Gasteiger partial charge is 0.493 e. The van der Waals surface area contributed by atoms with E-state index >= 15 is 0 Å². The minimum atomic E-state index is -1.16. The number of carbonyl (C=O) groups excluding carboxylic acids is 3. The summed E-state index contributed by atoms with van der Waals surface area (Å²) in [5.74, 6) is 0.915. The molecule has 8 rings (SSSR count). The van der Waals surface area contributed by atoms with Crippen molar-refractivity contribution in [3.8, 4) is 23.0 Å². The smallest absolute Gasteiger partial charge is 0.336 e. The average Bonchev–Trinajstić information content (AvgIpc) is 1.20. The molecule has 1 heterocycles. The number of benzene rings is 6. The number of nitrogens with one attached hydrogen (secondary N) is 1. The molecule has 0 atom stereocenters. The standard InChI is InChI=1S/C74H94N4O9/c1-71(2,3)55-39-47-35-51-43-57(73(7,8)9)44-52(65(51)86-33-21-29-77-67(79)59-23-13-16-26-62(59)70(82)83)36-48-40-56(72(4,5)6)42-50(64(48)85-32-20-18-28-76)38-54-46-58(74(10,11)12)45-53(37-49(41-55)63(47)84-31-19-17-27-75)66(54)87-34-22-30-78-68(80)60-24-14-15-25-61(60)69(78)81/h13-16,23-26,39-46H,17-22,27-38,75-76H2,1-12H3,(H,77,79)(H,82,83). The van der Waals surface area contributed by atoms with Gasteiger partial charge in [0.2, 0.25) is 0 Å². The maximum Gasteiger partial charge on any atom is 0.336 e.